The van der Waals surface area contributed by atoms with Crippen LogP contribution in [0.2, 0.25) is 10.0 Å². The number of sulfone groups is 1. The summed E-state index contributed by atoms with van der Waals surface area (Å²) in [6, 6.07) is 9.65. The van der Waals surface area contributed by atoms with Crippen LogP contribution in [0.5, 0.6) is 0 Å². The minimum absolute atomic E-state index is 0.140. The zero-order valence-electron chi connectivity index (χ0n) is 18.8. The molecule has 0 fully saturated rings. The molecular formula is C23H27Cl2N3O3S2. The largest absolute Gasteiger partial charge is 0.302 e. The molecule has 3 aromatic rings. The molecule has 33 heavy (non-hydrogen) atoms. The van der Waals surface area contributed by atoms with E-state index in [0.29, 0.717) is 28.3 Å². The fourth-order valence-corrected chi connectivity index (χ4v) is 6.30. The number of carbonyl (C=O) groups is 1. The zero-order chi connectivity index (χ0) is 24.2. The van der Waals surface area contributed by atoms with Crippen LogP contribution in [0.1, 0.15) is 25.8 Å². The second-order valence-corrected chi connectivity index (χ2v) is 11.7. The molecule has 0 aliphatic carbocycles. The van der Waals surface area contributed by atoms with Gasteiger partial charge in [-0.05, 0) is 62.0 Å². The highest BCUT2D eigenvalue weighted by Gasteiger charge is 2.24. The number of likely N-dealkylation sites (N-methyl/N-ethyl adjacent to an activating group) is 1. The van der Waals surface area contributed by atoms with Crippen LogP contribution in [0.15, 0.2) is 41.3 Å². The van der Waals surface area contributed by atoms with E-state index in [-0.39, 0.29) is 23.0 Å². The van der Waals surface area contributed by atoms with E-state index in [1.54, 1.807) is 4.90 Å². The van der Waals surface area contributed by atoms with E-state index in [0.717, 1.165) is 28.9 Å². The lowest BCUT2D eigenvalue weighted by Crippen LogP contribution is -2.39. The molecule has 0 aliphatic rings. The second kappa shape index (κ2) is 11.1. The summed E-state index contributed by atoms with van der Waals surface area (Å²) in [7, 11) is -3.62. The molecule has 0 saturated heterocycles. The first-order valence-corrected chi connectivity index (χ1v) is 13.9. The highest BCUT2D eigenvalue weighted by atomic mass is 35.5. The molecule has 0 bridgehead atoms. The van der Waals surface area contributed by atoms with Crippen molar-refractivity contribution in [2.24, 2.45) is 0 Å². The van der Waals surface area contributed by atoms with Crippen LogP contribution in [0, 0.1) is 6.92 Å². The average molecular weight is 529 g/mol. The lowest BCUT2D eigenvalue weighted by Gasteiger charge is -2.24. The van der Waals surface area contributed by atoms with Gasteiger partial charge < -0.3 is 4.90 Å². The van der Waals surface area contributed by atoms with E-state index in [9.17, 15) is 13.2 Å². The molecule has 0 spiro atoms. The summed E-state index contributed by atoms with van der Waals surface area (Å²) in [4.78, 5) is 21.9. The van der Waals surface area contributed by atoms with Crippen LogP contribution in [-0.4, -0.2) is 56.1 Å². The molecule has 0 unspecified atom stereocenters. The van der Waals surface area contributed by atoms with Gasteiger partial charge in [-0.1, -0.05) is 48.4 Å². The van der Waals surface area contributed by atoms with Crippen molar-refractivity contribution in [3.8, 4) is 0 Å². The van der Waals surface area contributed by atoms with Crippen LogP contribution >= 0.6 is 34.5 Å². The summed E-state index contributed by atoms with van der Waals surface area (Å²) < 4.78 is 26.4. The van der Waals surface area contributed by atoms with Crippen molar-refractivity contribution in [2.75, 3.05) is 36.8 Å². The van der Waals surface area contributed by atoms with Crippen molar-refractivity contribution >= 4 is 65.6 Å². The van der Waals surface area contributed by atoms with Crippen molar-refractivity contribution in [3.63, 3.8) is 0 Å². The fraction of sp³-hybridized carbons (Fsp3) is 0.391. The number of rotatable bonds is 10. The average Bonchev–Trinajstić information content (AvgIpc) is 3.19. The topological polar surface area (TPSA) is 70.6 Å². The molecule has 3 rings (SSSR count). The molecule has 0 radical (unpaired) electrons. The van der Waals surface area contributed by atoms with Gasteiger partial charge in [0.05, 0.1) is 20.9 Å². The van der Waals surface area contributed by atoms with E-state index in [2.05, 4.69) is 18.7 Å². The minimum Gasteiger partial charge on any atom is -0.302 e. The number of aryl methyl sites for hydroxylation is 1. The Hall–Kier alpha value is -1.71. The summed E-state index contributed by atoms with van der Waals surface area (Å²) >= 11 is 13.5. The van der Waals surface area contributed by atoms with Crippen molar-refractivity contribution in [3.05, 3.63) is 52.0 Å². The first-order chi connectivity index (χ1) is 15.6. The third kappa shape index (κ3) is 6.45. The maximum Gasteiger partial charge on any atom is 0.229 e. The van der Waals surface area contributed by atoms with Gasteiger partial charge in [-0.2, -0.15) is 0 Å². The Kier molecular flexibility index (Phi) is 8.75. The molecular weight excluding hydrogens is 501 g/mol. The molecule has 2 aromatic carbocycles. The Labute approximate surface area is 209 Å². The molecule has 0 aliphatic heterocycles. The molecule has 1 aromatic heterocycles. The number of thiazole rings is 1. The van der Waals surface area contributed by atoms with Crippen LogP contribution in [0.4, 0.5) is 5.13 Å². The third-order valence-electron chi connectivity index (χ3n) is 5.46. The number of anilines is 1. The molecule has 1 amide bonds. The Bertz CT molecular complexity index is 1220. The molecule has 178 valence electrons. The number of benzene rings is 2. The highest BCUT2D eigenvalue weighted by Crippen LogP contribution is 2.33. The summed E-state index contributed by atoms with van der Waals surface area (Å²) in [6.45, 7) is 8.87. The molecule has 0 N–H and O–H groups in total. The number of nitrogens with zero attached hydrogens (tertiary/aromatic N) is 3. The van der Waals surface area contributed by atoms with Gasteiger partial charge in [0.15, 0.2) is 15.0 Å². The van der Waals surface area contributed by atoms with Crippen LogP contribution in [-0.2, 0) is 14.6 Å². The first-order valence-electron chi connectivity index (χ1n) is 10.7. The van der Waals surface area contributed by atoms with Crippen molar-refractivity contribution in [1.29, 1.82) is 0 Å². The van der Waals surface area contributed by atoms with Gasteiger partial charge in [-0.3, -0.25) is 9.69 Å². The van der Waals surface area contributed by atoms with Gasteiger partial charge in [0.25, 0.3) is 0 Å². The van der Waals surface area contributed by atoms with Crippen LogP contribution in [0.25, 0.3) is 10.2 Å². The second-order valence-electron chi connectivity index (χ2n) is 7.66. The first kappa shape index (κ1) is 25.9. The summed E-state index contributed by atoms with van der Waals surface area (Å²) in [6.07, 6.45) is -0.140. The normalized spacial score (nSPS) is 11.9. The molecule has 0 atom stereocenters. The van der Waals surface area contributed by atoms with Gasteiger partial charge in [-0.25, -0.2) is 13.4 Å². The van der Waals surface area contributed by atoms with Gasteiger partial charge in [0.1, 0.15) is 0 Å². The quantitative estimate of drug-likeness (QED) is 0.350. The minimum atomic E-state index is -3.62. The van der Waals surface area contributed by atoms with Gasteiger partial charge >= 0.3 is 0 Å². The zero-order valence-corrected chi connectivity index (χ0v) is 22.0. The number of hydrogen-bond donors (Lipinski definition) is 0. The van der Waals surface area contributed by atoms with Crippen LogP contribution in [0.3, 0.4) is 0 Å². The van der Waals surface area contributed by atoms with E-state index in [1.165, 1.54) is 35.6 Å². The number of hydrogen-bond acceptors (Lipinski definition) is 6. The standard InChI is InChI=1S/C23H27Cl2N3O3S2/c1-4-27(5-2)11-12-28(23-26-22-16(3)14-18(25)15-20(22)32-23)21(29)10-13-33(30,31)19-8-6-17(24)7-9-19/h6-9,14-15H,4-5,10-13H2,1-3H3. The SMILES string of the molecule is CCN(CC)CCN(C(=O)CCS(=O)(=O)c1ccc(Cl)cc1)c1nc2c(C)cc(Cl)cc2s1. The molecule has 0 saturated carbocycles. The fourth-order valence-electron chi connectivity index (χ4n) is 3.48. The molecule has 1 heterocycles. The monoisotopic (exact) mass is 527 g/mol. The maximum atomic E-state index is 13.3. The number of halogens is 2. The number of aromatic nitrogens is 1. The number of fused-ring (bicyclic) bond motifs is 1. The van der Waals surface area contributed by atoms with E-state index < -0.39 is 9.84 Å². The van der Waals surface area contributed by atoms with Crippen molar-refractivity contribution in [2.45, 2.75) is 32.1 Å². The summed E-state index contributed by atoms with van der Waals surface area (Å²) in [5.41, 5.74) is 1.73. The lowest BCUT2D eigenvalue weighted by molar-refractivity contribution is -0.118. The Morgan fingerprint density at radius 1 is 1.03 bits per heavy atom. The van der Waals surface area contributed by atoms with E-state index in [4.69, 9.17) is 28.2 Å². The van der Waals surface area contributed by atoms with Gasteiger partial charge in [-0.15, -0.1) is 0 Å². The van der Waals surface area contributed by atoms with E-state index in [1.807, 2.05) is 19.1 Å². The summed E-state index contributed by atoms with van der Waals surface area (Å²) in [5, 5.41) is 1.63. The maximum absolute atomic E-state index is 13.3. The van der Waals surface area contributed by atoms with E-state index >= 15 is 0 Å². The predicted molar refractivity (Wildman–Crippen MR) is 138 cm³/mol. The third-order valence-corrected chi connectivity index (χ3v) is 8.69. The number of carbonyl (C=O) groups excluding carboxylic acids is 1. The van der Waals surface area contributed by atoms with Crippen molar-refractivity contribution < 1.29 is 13.2 Å². The van der Waals surface area contributed by atoms with Gasteiger partial charge in [0.2, 0.25) is 5.91 Å². The highest BCUT2D eigenvalue weighted by molar-refractivity contribution is 7.91. The smallest absolute Gasteiger partial charge is 0.229 e. The summed E-state index contributed by atoms with van der Waals surface area (Å²) in [5.74, 6) is -0.562. The van der Waals surface area contributed by atoms with Gasteiger partial charge in [0, 0.05) is 29.6 Å². The van der Waals surface area contributed by atoms with Crippen LogP contribution < -0.4 is 4.90 Å². The Morgan fingerprint density at radius 3 is 2.33 bits per heavy atom. The predicted octanol–water partition coefficient (Wildman–Crippen LogP) is 5.45. The Morgan fingerprint density at radius 2 is 1.70 bits per heavy atom. The molecule has 10 heteroatoms. The number of amides is 1. The molecule has 6 nitrogen and oxygen atoms in total. The Balaban J connectivity index is 1.85. The van der Waals surface area contributed by atoms with Crippen molar-refractivity contribution in [1.82, 2.24) is 9.88 Å². The lowest BCUT2D eigenvalue weighted by atomic mass is 10.2.